The molecule has 0 spiro atoms. The molecule has 0 aliphatic heterocycles. The van der Waals surface area contributed by atoms with Crippen LogP contribution in [0.1, 0.15) is 51.7 Å². The largest absolute Gasteiger partial charge is 0.344 e. The zero-order chi connectivity index (χ0) is 15.5. The van der Waals surface area contributed by atoms with Crippen LogP contribution in [0.2, 0.25) is 0 Å². The van der Waals surface area contributed by atoms with E-state index in [0.29, 0.717) is 0 Å². The fraction of sp³-hybridized carbons (Fsp3) is 0.588. The van der Waals surface area contributed by atoms with Gasteiger partial charge >= 0.3 is 0 Å². The molecule has 1 N–H and O–H groups in total. The van der Waals surface area contributed by atoms with E-state index < -0.39 is 0 Å². The predicted molar refractivity (Wildman–Crippen MR) is 87.4 cm³/mol. The highest BCUT2D eigenvalue weighted by Crippen LogP contribution is 2.12. The second-order valence-corrected chi connectivity index (χ2v) is 6.53. The third kappa shape index (κ3) is 4.21. The smallest absolute Gasteiger partial charge is 0.0642 e. The Balaban J connectivity index is 2.13. The van der Waals surface area contributed by atoms with E-state index in [1.807, 2.05) is 0 Å². The van der Waals surface area contributed by atoms with Crippen molar-refractivity contribution >= 4 is 0 Å². The summed E-state index contributed by atoms with van der Waals surface area (Å²) in [6.07, 6.45) is 3.14. The Morgan fingerprint density at radius 2 is 1.95 bits per heavy atom. The van der Waals surface area contributed by atoms with Crippen LogP contribution < -0.4 is 5.32 Å². The van der Waals surface area contributed by atoms with E-state index in [1.54, 1.807) is 0 Å². The van der Waals surface area contributed by atoms with Gasteiger partial charge in [0, 0.05) is 30.5 Å². The third-order valence-electron chi connectivity index (χ3n) is 3.63. The lowest BCUT2D eigenvalue weighted by Crippen LogP contribution is -2.35. The minimum Gasteiger partial charge on any atom is -0.344 e. The molecule has 4 heteroatoms. The lowest BCUT2D eigenvalue weighted by atomic mass is 10.1. The van der Waals surface area contributed by atoms with E-state index in [4.69, 9.17) is 0 Å². The third-order valence-corrected chi connectivity index (χ3v) is 3.63. The average Bonchev–Trinajstić information content (AvgIpc) is 3.02. The van der Waals surface area contributed by atoms with Crippen molar-refractivity contribution in [1.29, 1.82) is 0 Å². The molecule has 0 fully saturated rings. The van der Waals surface area contributed by atoms with Crippen LogP contribution in [0.4, 0.5) is 0 Å². The van der Waals surface area contributed by atoms with Crippen LogP contribution in [0.3, 0.4) is 0 Å². The molecule has 0 unspecified atom stereocenters. The second kappa shape index (κ2) is 6.48. The molecule has 4 nitrogen and oxygen atoms in total. The first-order valence-corrected chi connectivity index (χ1v) is 7.87. The van der Waals surface area contributed by atoms with Gasteiger partial charge in [-0.3, -0.25) is 4.68 Å². The predicted octanol–water partition coefficient (Wildman–Crippen LogP) is 3.20. The number of nitrogens with one attached hydrogen (secondary N) is 1. The van der Waals surface area contributed by atoms with Crippen molar-refractivity contribution in [3.05, 3.63) is 41.5 Å². The summed E-state index contributed by atoms with van der Waals surface area (Å²) >= 11 is 0. The molecule has 0 aliphatic rings. The lowest BCUT2D eigenvalue weighted by molar-refractivity contribution is 0.416. The van der Waals surface area contributed by atoms with Crippen molar-refractivity contribution in [2.24, 2.45) is 0 Å². The number of aryl methyl sites for hydroxylation is 2. The van der Waals surface area contributed by atoms with Gasteiger partial charge in [-0.15, -0.1) is 0 Å². The summed E-state index contributed by atoms with van der Waals surface area (Å²) in [5, 5.41) is 8.18. The number of hydrogen-bond donors (Lipinski definition) is 1. The SMILES string of the molecule is CCc1cc(Cn2cccc2CNC(C)(C)C)n(CC)n1. The number of rotatable bonds is 6. The highest BCUT2D eigenvalue weighted by Gasteiger charge is 2.12. The number of hydrogen-bond acceptors (Lipinski definition) is 2. The van der Waals surface area contributed by atoms with E-state index in [1.165, 1.54) is 17.1 Å². The maximum atomic E-state index is 4.63. The summed E-state index contributed by atoms with van der Waals surface area (Å²) in [7, 11) is 0. The van der Waals surface area contributed by atoms with Crippen LogP contribution >= 0.6 is 0 Å². The average molecular weight is 288 g/mol. The number of nitrogens with zero attached hydrogens (tertiary/aromatic N) is 3. The summed E-state index contributed by atoms with van der Waals surface area (Å²) in [6.45, 7) is 13.6. The van der Waals surface area contributed by atoms with Gasteiger partial charge < -0.3 is 9.88 Å². The molecular weight excluding hydrogens is 260 g/mol. The monoisotopic (exact) mass is 288 g/mol. The van der Waals surface area contributed by atoms with Gasteiger partial charge in [-0.05, 0) is 52.3 Å². The minimum atomic E-state index is 0.135. The summed E-state index contributed by atoms with van der Waals surface area (Å²) in [6, 6.07) is 6.53. The first kappa shape index (κ1) is 15.8. The van der Waals surface area contributed by atoms with Crippen LogP contribution in [0.15, 0.2) is 24.4 Å². The zero-order valence-corrected chi connectivity index (χ0v) is 14.0. The van der Waals surface area contributed by atoms with Crippen LogP contribution in [0.25, 0.3) is 0 Å². The van der Waals surface area contributed by atoms with Crippen molar-refractivity contribution < 1.29 is 0 Å². The Kier molecular flexibility index (Phi) is 4.88. The molecule has 2 heterocycles. The van der Waals surface area contributed by atoms with Crippen molar-refractivity contribution in [1.82, 2.24) is 19.7 Å². The summed E-state index contributed by atoms with van der Waals surface area (Å²) in [5.74, 6) is 0. The van der Waals surface area contributed by atoms with E-state index in [0.717, 1.165) is 26.1 Å². The molecule has 21 heavy (non-hydrogen) atoms. The molecule has 0 saturated carbocycles. The van der Waals surface area contributed by atoms with Crippen molar-refractivity contribution in [3.63, 3.8) is 0 Å². The van der Waals surface area contributed by atoms with Crippen LogP contribution in [0.5, 0.6) is 0 Å². The fourth-order valence-corrected chi connectivity index (χ4v) is 2.38. The van der Waals surface area contributed by atoms with Crippen LogP contribution in [-0.4, -0.2) is 19.9 Å². The van der Waals surface area contributed by atoms with Gasteiger partial charge in [0.15, 0.2) is 0 Å². The minimum absolute atomic E-state index is 0.135. The van der Waals surface area contributed by atoms with Crippen molar-refractivity contribution in [2.45, 2.75) is 66.2 Å². The molecular formula is C17H28N4. The van der Waals surface area contributed by atoms with E-state index in [9.17, 15) is 0 Å². The Labute approximate surface area is 128 Å². The second-order valence-electron chi connectivity index (χ2n) is 6.53. The first-order valence-electron chi connectivity index (χ1n) is 7.87. The highest BCUT2D eigenvalue weighted by molar-refractivity contribution is 5.15. The maximum absolute atomic E-state index is 4.63. The van der Waals surface area contributed by atoms with E-state index in [-0.39, 0.29) is 5.54 Å². The normalized spacial score (nSPS) is 12.0. The van der Waals surface area contributed by atoms with Crippen LogP contribution in [0, 0.1) is 0 Å². The molecule has 0 saturated heterocycles. The zero-order valence-electron chi connectivity index (χ0n) is 14.0. The topological polar surface area (TPSA) is 34.8 Å². The van der Waals surface area contributed by atoms with Gasteiger partial charge in [0.25, 0.3) is 0 Å². The molecule has 0 radical (unpaired) electrons. The first-order chi connectivity index (χ1) is 9.93. The highest BCUT2D eigenvalue weighted by atomic mass is 15.3. The molecule has 0 bridgehead atoms. The summed E-state index contributed by atoms with van der Waals surface area (Å²) in [5.41, 5.74) is 3.90. The molecule has 2 aromatic heterocycles. The maximum Gasteiger partial charge on any atom is 0.0642 e. The van der Waals surface area contributed by atoms with Gasteiger partial charge in [-0.1, -0.05) is 6.92 Å². The molecule has 0 aromatic carbocycles. The van der Waals surface area contributed by atoms with Gasteiger partial charge in [0.1, 0.15) is 0 Å². The Hall–Kier alpha value is -1.55. The van der Waals surface area contributed by atoms with Crippen molar-refractivity contribution in [2.75, 3.05) is 0 Å². The Morgan fingerprint density at radius 3 is 2.57 bits per heavy atom. The molecule has 0 aliphatic carbocycles. The molecule has 2 aromatic rings. The Bertz CT molecular complexity index is 572. The molecule has 2 rings (SSSR count). The van der Waals surface area contributed by atoms with Gasteiger partial charge in [-0.2, -0.15) is 5.10 Å². The van der Waals surface area contributed by atoms with Crippen molar-refractivity contribution in [3.8, 4) is 0 Å². The molecule has 0 atom stereocenters. The van der Waals surface area contributed by atoms with Gasteiger partial charge in [-0.25, -0.2) is 0 Å². The lowest BCUT2D eigenvalue weighted by Gasteiger charge is -2.21. The van der Waals surface area contributed by atoms with Gasteiger partial charge in [0.2, 0.25) is 0 Å². The van der Waals surface area contributed by atoms with Crippen LogP contribution in [-0.2, 0) is 26.1 Å². The van der Waals surface area contributed by atoms with E-state index in [2.05, 4.69) is 78.7 Å². The fourth-order valence-electron chi connectivity index (χ4n) is 2.38. The summed E-state index contributed by atoms with van der Waals surface area (Å²) < 4.78 is 4.42. The van der Waals surface area contributed by atoms with E-state index >= 15 is 0 Å². The Morgan fingerprint density at radius 1 is 1.19 bits per heavy atom. The van der Waals surface area contributed by atoms with Gasteiger partial charge in [0.05, 0.1) is 17.9 Å². The molecule has 0 amide bonds. The number of aromatic nitrogens is 3. The quantitative estimate of drug-likeness (QED) is 0.886. The molecule has 116 valence electrons. The summed E-state index contributed by atoms with van der Waals surface area (Å²) in [4.78, 5) is 0. The standard InChI is InChI=1S/C17H28N4/c1-6-14-11-16(21(7-2)19-14)13-20-10-8-9-15(20)12-18-17(3,4)5/h8-11,18H,6-7,12-13H2,1-5H3.